The lowest BCUT2D eigenvalue weighted by molar-refractivity contribution is -0.119. The van der Waals surface area contributed by atoms with Gasteiger partial charge in [-0.1, -0.05) is 17.7 Å². The van der Waals surface area contributed by atoms with Crippen molar-refractivity contribution in [2.45, 2.75) is 20.3 Å². The molecule has 0 spiro atoms. The molecule has 4 nitrogen and oxygen atoms in total. The minimum absolute atomic E-state index is 0.0405. The van der Waals surface area contributed by atoms with Gasteiger partial charge in [-0.05, 0) is 52.5 Å². The first-order valence-corrected chi connectivity index (χ1v) is 6.71. The third-order valence-electron chi connectivity index (χ3n) is 2.93. The SMILES string of the molecule is Cc1ccc(NCC(=O)NCCCN(C)C)c(C)c1. The van der Waals surface area contributed by atoms with Gasteiger partial charge in [0.15, 0.2) is 0 Å². The van der Waals surface area contributed by atoms with E-state index in [-0.39, 0.29) is 5.91 Å². The lowest BCUT2D eigenvalue weighted by Gasteiger charge is -2.12. The van der Waals surface area contributed by atoms with Gasteiger partial charge in [0.1, 0.15) is 0 Å². The van der Waals surface area contributed by atoms with E-state index in [2.05, 4.69) is 28.5 Å². The molecular weight excluding hydrogens is 238 g/mol. The molecule has 0 atom stereocenters. The van der Waals surface area contributed by atoms with Crippen LogP contribution in [0.5, 0.6) is 0 Å². The third-order valence-corrected chi connectivity index (χ3v) is 2.93. The molecule has 0 aliphatic heterocycles. The lowest BCUT2D eigenvalue weighted by atomic mass is 10.1. The van der Waals surface area contributed by atoms with Gasteiger partial charge in [0, 0.05) is 12.2 Å². The van der Waals surface area contributed by atoms with Crippen LogP contribution >= 0.6 is 0 Å². The normalized spacial score (nSPS) is 10.6. The molecule has 0 heterocycles. The van der Waals surface area contributed by atoms with Crippen LogP contribution in [-0.2, 0) is 4.79 Å². The Hall–Kier alpha value is -1.55. The number of carbonyl (C=O) groups is 1. The Morgan fingerprint density at radius 3 is 2.63 bits per heavy atom. The van der Waals surface area contributed by atoms with Crippen molar-refractivity contribution < 1.29 is 4.79 Å². The Labute approximate surface area is 116 Å². The third kappa shape index (κ3) is 6.25. The molecular formula is C15H25N3O. The maximum atomic E-state index is 11.7. The maximum Gasteiger partial charge on any atom is 0.239 e. The zero-order chi connectivity index (χ0) is 14.3. The average molecular weight is 263 g/mol. The molecule has 0 aromatic heterocycles. The number of rotatable bonds is 7. The summed E-state index contributed by atoms with van der Waals surface area (Å²) >= 11 is 0. The van der Waals surface area contributed by atoms with Gasteiger partial charge in [0.25, 0.3) is 0 Å². The van der Waals surface area contributed by atoms with Crippen LogP contribution in [0, 0.1) is 13.8 Å². The minimum atomic E-state index is 0.0405. The number of carbonyl (C=O) groups excluding carboxylic acids is 1. The van der Waals surface area contributed by atoms with Crippen molar-refractivity contribution in [2.75, 3.05) is 39.0 Å². The van der Waals surface area contributed by atoms with E-state index in [1.165, 1.54) is 11.1 Å². The van der Waals surface area contributed by atoms with E-state index in [4.69, 9.17) is 0 Å². The Morgan fingerprint density at radius 2 is 2.00 bits per heavy atom. The molecule has 1 rings (SSSR count). The van der Waals surface area contributed by atoms with Gasteiger partial charge in [-0.2, -0.15) is 0 Å². The number of aryl methyl sites for hydroxylation is 2. The van der Waals surface area contributed by atoms with Crippen LogP contribution in [0.15, 0.2) is 18.2 Å². The van der Waals surface area contributed by atoms with E-state index in [1.54, 1.807) is 0 Å². The summed E-state index contributed by atoms with van der Waals surface area (Å²) in [5.74, 6) is 0.0405. The fraction of sp³-hybridized carbons (Fsp3) is 0.533. The van der Waals surface area contributed by atoms with Gasteiger partial charge in [0.05, 0.1) is 6.54 Å². The van der Waals surface area contributed by atoms with Crippen molar-refractivity contribution in [3.63, 3.8) is 0 Å². The minimum Gasteiger partial charge on any atom is -0.376 e. The Morgan fingerprint density at radius 1 is 1.26 bits per heavy atom. The fourth-order valence-corrected chi connectivity index (χ4v) is 1.87. The van der Waals surface area contributed by atoms with Gasteiger partial charge < -0.3 is 15.5 Å². The fourth-order valence-electron chi connectivity index (χ4n) is 1.87. The van der Waals surface area contributed by atoms with Crippen LogP contribution in [-0.4, -0.2) is 44.5 Å². The van der Waals surface area contributed by atoms with Crippen molar-refractivity contribution >= 4 is 11.6 Å². The van der Waals surface area contributed by atoms with Crippen LogP contribution in [0.2, 0.25) is 0 Å². The second kappa shape index (κ2) is 7.79. The molecule has 1 aromatic carbocycles. The summed E-state index contributed by atoms with van der Waals surface area (Å²) in [5.41, 5.74) is 3.42. The molecule has 0 saturated carbocycles. The van der Waals surface area contributed by atoms with Crippen molar-refractivity contribution in [2.24, 2.45) is 0 Å². The number of benzene rings is 1. The van der Waals surface area contributed by atoms with Crippen LogP contribution in [0.25, 0.3) is 0 Å². The Bertz CT molecular complexity index is 416. The zero-order valence-corrected chi connectivity index (χ0v) is 12.4. The zero-order valence-electron chi connectivity index (χ0n) is 12.4. The summed E-state index contributed by atoms with van der Waals surface area (Å²) in [6, 6.07) is 6.17. The molecule has 0 aliphatic carbocycles. The van der Waals surface area contributed by atoms with Gasteiger partial charge in [-0.3, -0.25) is 4.79 Å². The molecule has 0 saturated heterocycles. The van der Waals surface area contributed by atoms with Crippen molar-refractivity contribution in [1.29, 1.82) is 0 Å². The first-order valence-electron chi connectivity index (χ1n) is 6.71. The Balaban J connectivity index is 2.26. The van der Waals surface area contributed by atoms with E-state index < -0.39 is 0 Å². The molecule has 0 unspecified atom stereocenters. The molecule has 1 aromatic rings. The summed E-state index contributed by atoms with van der Waals surface area (Å²) in [6.07, 6.45) is 0.975. The highest BCUT2D eigenvalue weighted by molar-refractivity contribution is 5.80. The van der Waals surface area contributed by atoms with E-state index in [0.29, 0.717) is 6.54 Å². The highest BCUT2D eigenvalue weighted by atomic mass is 16.1. The van der Waals surface area contributed by atoms with Crippen molar-refractivity contribution in [3.8, 4) is 0 Å². The average Bonchev–Trinajstić information content (AvgIpc) is 2.33. The molecule has 0 fully saturated rings. The van der Waals surface area contributed by atoms with Gasteiger partial charge in [0.2, 0.25) is 5.91 Å². The number of hydrogen-bond donors (Lipinski definition) is 2. The first kappa shape index (κ1) is 15.5. The second-order valence-corrected chi connectivity index (χ2v) is 5.18. The predicted octanol–water partition coefficient (Wildman–Crippen LogP) is 1.78. The van der Waals surface area contributed by atoms with Crippen LogP contribution in [0.1, 0.15) is 17.5 Å². The summed E-state index contributed by atoms with van der Waals surface area (Å²) in [4.78, 5) is 13.8. The summed E-state index contributed by atoms with van der Waals surface area (Å²) < 4.78 is 0. The van der Waals surface area contributed by atoms with E-state index >= 15 is 0 Å². The summed E-state index contributed by atoms with van der Waals surface area (Å²) in [5, 5.41) is 6.08. The Kier molecular flexibility index (Phi) is 6.36. The van der Waals surface area contributed by atoms with Crippen molar-refractivity contribution in [1.82, 2.24) is 10.2 Å². The topological polar surface area (TPSA) is 44.4 Å². The van der Waals surface area contributed by atoms with E-state index in [1.807, 2.05) is 33.2 Å². The van der Waals surface area contributed by atoms with E-state index in [0.717, 1.165) is 25.2 Å². The number of anilines is 1. The first-order chi connectivity index (χ1) is 8.99. The highest BCUT2D eigenvalue weighted by Crippen LogP contribution is 2.15. The smallest absolute Gasteiger partial charge is 0.239 e. The van der Waals surface area contributed by atoms with Crippen LogP contribution in [0.4, 0.5) is 5.69 Å². The number of hydrogen-bond acceptors (Lipinski definition) is 3. The van der Waals surface area contributed by atoms with E-state index in [9.17, 15) is 4.79 Å². The number of amides is 1. The number of nitrogens with zero attached hydrogens (tertiary/aromatic N) is 1. The molecule has 0 radical (unpaired) electrons. The summed E-state index contributed by atoms with van der Waals surface area (Å²) in [7, 11) is 4.06. The molecule has 106 valence electrons. The van der Waals surface area contributed by atoms with Crippen LogP contribution in [0.3, 0.4) is 0 Å². The molecule has 1 amide bonds. The second-order valence-electron chi connectivity index (χ2n) is 5.18. The molecule has 2 N–H and O–H groups in total. The molecule has 19 heavy (non-hydrogen) atoms. The maximum absolute atomic E-state index is 11.7. The largest absolute Gasteiger partial charge is 0.376 e. The van der Waals surface area contributed by atoms with Crippen LogP contribution < -0.4 is 10.6 Å². The standard InChI is InChI=1S/C15H25N3O/c1-12-6-7-14(13(2)10-12)17-11-15(19)16-8-5-9-18(3)4/h6-7,10,17H,5,8-9,11H2,1-4H3,(H,16,19). The molecule has 0 bridgehead atoms. The predicted molar refractivity (Wildman–Crippen MR) is 80.6 cm³/mol. The number of nitrogens with one attached hydrogen (secondary N) is 2. The quantitative estimate of drug-likeness (QED) is 0.737. The van der Waals surface area contributed by atoms with Gasteiger partial charge in [-0.25, -0.2) is 0 Å². The lowest BCUT2D eigenvalue weighted by Crippen LogP contribution is -2.32. The van der Waals surface area contributed by atoms with Crippen molar-refractivity contribution in [3.05, 3.63) is 29.3 Å². The van der Waals surface area contributed by atoms with Gasteiger partial charge >= 0.3 is 0 Å². The molecule has 0 aliphatic rings. The highest BCUT2D eigenvalue weighted by Gasteiger charge is 2.02. The van der Waals surface area contributed by atoms with Gasteiger partial charge in [-0.15, -0.1) is 0 Å². The summed E-state index contributed by atoms with van der Waals surface area (Å²) in [6.45, 7) is 6.15. The monoisotopic (exact) mass is 263 g/mol. The molecule has 4 heteroatoms.